The summed E-state index contributed by atoms with van der Waals surface area (Å²) in [5.41, 5.74) is 0.639. The van der Waals surface area contributed by atoms with Crippen LogP contribution in [0.3, 0.4) is 0 Å². The van der Waals surface area contributed by atoms with Crippen molar-refractivity contribution in [2.45, 2.75) is 26.7 Å². The molecule has 0 aliphatic carbocycles. The molecule has 0 bridgehead atoms. The molecule has 0 N–H and O–H groups in total. The van der Waals surface area contributed by atoms with Crippen molar-refractivity contribution in [3.63, 3.8) is 0 Å². The standard InChI is InChI=1S/C12H15BrO2/c1-3-4-7-15-12-6-5-10(13)8-11(12)9(2)14/h5-6,8H,3-4,7H2,1-2H3. The van der Waals surface area contributed by atoms with Crippen LogP contribution < -0.4 is 4.74 Å². The summed E-state index contributed by atoms with van der Waals surface area (Å²) in [6.45, 7) is 4.32. The molecule has 0 atom stereocenters. The first kappa shape index (κ1) is 12.2. The molecule has 0 unspecified atom stereocenters. The molecule has 3 heteroatoms. The molecule has 15 heavy (non-hydrogen) atoms. The molecule has 1 aromatic carbocycles. The van der Waals surface area contributed by atoms with Gasteiger partial charge in [-0.2, -0.15) is 0 Å². The van der Waals surface area contributed by atoms with Crippen molar-refractivity contribution < 1.29 is 9.53 Å². The topological polar surface area (TPSA) is 26.3 Å². The lowest BCUT2D eigenvalue weighted by atomic mass is 10.1. The summed E-state index contributed by atoms with van der Waals surface area (Å²) in [4.78, 5) is 11.4. The van der Waals surface area contributed by atoms with Crippen LogP contribution in [0.15, 0.2) is 22.7 Å². The largest absolute Gasteiger partial charge is 0.493 e. The Morgan fingerprint density at radius 3 is 2.80 bits per heavy atom. The number of Topliss-reactive ketones (excluding diaryl/α,β-unsaturated/α-hetero) is 1. The normalized spacial score (nSPS) is 10.1. The Balaban J connectivity index is 2.81. The minimum Gasteiger partial charge on any atom is -0.493 e. The summed E-state index contributed by atoms with van der Waals surface area (Å²) < 4.78 is 6.45. The van der Waals surface area contributed by atoms with Crippen molar-refractivity contribution in [2.75, 3.05) is 6.61 Å². The van der Waals surface area contributed by atoms with Gasteiger partial charge in [-0.3, -0.25) is 4.79 Å². The van der Waals surface area contributed by atoms with Crippen LogP contribution in [-0.4, -0.2) is 12.4 Å². The molecule has 0 aliphatic heterocycles. The summed E-state index contributed by atoms with van der Waals surface area (Å²) in [7, 11) is 0. The molecule has 2 nitrogen and oxygen atoms in total. The number of halogens is 1. The van der Waals surface area contributed by atoms with Crippen molar-refractivity contribution in [2.24, 2.45) is 0 Å². The number of carbonyl (C=O) groups is 1. The van der Waals surface area contributed by atoms with Gasteiger partial charge in [-0.15, -0.1) is 0 Å². The highest BCUT2D eigenvalue weighted by Crippen LogP contribution is 2.23. The third-order valence-electron chi connectivity index (χ3n) is 2.08. The van der Waals surface area contributed by atoms with E-state index in [4.69, 9.17) is 4.74 Å². The second-order valence-corrected chi connectivity index (χ2v) is 4.31. The third kappa shape index (κ3) is 3.67. The minimum atomic E-state index is 0.0304. The van der Waals surface area contributed by atoms with Gasteiger partial charge in [0.05, 0.1) is 12.2 Å². The maximum atomic E-state index is 11.4. The number of ether oxygens (including phenoxy) is 1. The zero-order valence-corrected chi connectivity index (χ0v) is 10.6. The van der Waals surface area contributed by atoms with E-state index in [1.165, 1.54) is 0 Å². The van der Waals surface area contributed by atoms with Crippen molar-refractivity contribution >= 4 is 21.7 Å². The first-order valence-corrected chi connectivity index (χ1v) is 5.87. The quantitative estimate of drug-likeness (QED) is 0.601. The maximum Gasteiger partial charge on any atom is 0.163 e. The molecule has 82 valence electrons. The Morgan fingerprint density at radius 1 is 1.47 bits per heavy atom. The molecule has 0 fully saturated rings. The number of rotatable bonds is 5. The van der Waals surface area contributed by atoms with Gasteiger partial charge in [0.2, 0.25) is 0 Å². The molecule has 0 saturated carbocycles. The van der Waals surface area contributed by atoms with Crippen LogP contribution in [0.5, 0.6) is 5.75 Å². The molecular weight excluding hydrogens is 256 g/mol. The van der Waals surface area contributed by atoms with E-state index in [1.54, 1.807) is 13.0 Å². The zero-order chi connectivity index (χ0) is 11.3. The van der Waals surface area contributed by atoms with Gasteiger partial charge < -0.3 is 4.74 Å². The molecule has 0 heterocycles. The summed E-state index contributed by atoms with van der Waals surface area (Å²) in [5, 5.41) is 0. The Morgan fingerprint density at radius 2 is 2.20 bits per heavy atom. The number of hydrogen-bond acceptors (Lipinski definition) is 2. The lowest BCUT2D eigenvalue weighted by Crippen LogP contribution is -2.02. The van der Waals surface area contributed by atoms with Crippen molar-refractivity contribution in [3.8, 4) is 5.75 Å². The van der Waals surface area contributed by atoms with E-state index in [2.05, 4.69) is 22.9 Å². The van der Waals surface area contributed by atoms with Gasteiger partial charge >= 0.3 is 0 Å². The second kappa shape index (κ2) is 5.91. The van der Waals surface area contributed by atoms with Gasteiger partial charge in [0, 0.05) is 4.47 Å². The van der Waals surface area contributed by atoms with Crippen LogP contribution >= 0.6 is 15.9 Å². The average Bonchev–Trinajstić information content (AvgIpc) is 2.20. The van der Waals surface area contributed by atoms with Crippen LogP contribution in [0, 0.1) is 0 Å². The fourth-order valence-electron chi connectivity index (χ4n) is 1.23. The third-order valence-corrected chi connectivity index (χ3v) is 2.57. The highest BCUT2D eigenvalue weighted by atomic mass is 79.9. The second-order valence-electron chi connectivity index (χ2n) is 3.40. The monoisotopic (exact) mass is 270 g/mol. The summed E-state index contributed by atoms with van der Waals surface area (Å²) >= 11 is 3.34. The molecule has 0 aromatic heterocycles. The smallest absolute Gasteiger partial charge is 0.163 e. The van der Waals surface area contributed by atoms with Crippen molar-refractivity contribution in [1.82, 2.24) is 0 Å². The molecule has 0 spiro atoms. The van der Waals surface area contributed by atoms with Crippen molar-refractivity contribution in [1.29, 1.82) is 0 Å². The van der Waals surface area contributed by atoms with E-state index in [0.717, 1.165) is 17.3 Å². The first-order valence-electron chi connectivity index (χ1n) is 5.08. The number of ketones is 1. The van der Waals surface area contributed by atoms with Gasteiger partial charge in [-0.25, -0.2) is 0 Å². The van der Waals surface area contributed by atoms with E-state index in [9.17, 15) is 4.79 Å². The van der Waals surface area contributed by atoms with Crippen LogP contribution in [0.4, 0.5) is 0 Å². The molecule has 1 rings (SSSR count). The predicted octanol–water partition coefficient (Wildman–Crippen LogP) is 3.83. The maximum absolute atomic E-state index is 11.4. The molecule has 1 aromatic rings. The fourth-order valence-corrected chi connectivity index (χ4v) is 1.59. The van der Waals surface area contributed by atoms with E-state index in [-0.39, 0.29) is 5.78 Å². The molecule has 0 saturated heterocycles. The van der Waals surface area contributed by atoms with Crippen LogP contribution in [-0.2, 0) is 0 Å². The lowest BCUT2D eigenvalue weighted by Gasteiger charge is -2.09. The highest BCUT2D eigenvalue weighted by molar-refractivity contribution is 9.10. The van der Waals surface area contributed by atoms with E-state index >= 15 is 0 Å². The fraction of sp³-hybridized carbons (Fsp3) is 0.417. The van der Waals surface area contributed by atoms with E-state index in [1.807, 2.05) is 12.1 Å². The van der Waals surface area contributed by atoms with Crippen LogP contribution in [0.1, 0.15) is 37.0 Å². The number of carbonyl (C=O) groups excluding carboxylic acids is 1. The predicted molar refractivity (Wildman–Crippen MR) is 64.5 cm³/mol. The Kier molecular flexibility index (Phi) is 4.82. The van der Waals surface area contributed by atoms with Gasteiger partial charge in [-0.05, 0) is 31.5 Å². The number of hydrogen-bond donors (Lipinski definition) is 0. The molecule has 0 radical (unpaired) electrons. The Hall–Kier alpha value is -0.830. The molecular formula is C12H15BrO2. The van der Waals surface area contributed by atoms with Gasteiger partial charge in [0.25, 0.3) is 0 Å². The van der Waals surface area contributed by atoms with Crippen LogP contribution in [0.25, 0.3) is 0 Å². The minimum absolute atomic E-state index is 0.0304. The van der Waals surface area contributed by atoms with Gasteiger partial charge in [0.15, 0.2) is 5.78 Å². The van der Waals surface area contributed by atoms with Crippen LogP contribution in [0.2, 0.25) is 0 Å². The number of unbranched alkanes of at least 4 members (excludes halogenated alkanes) is 1. The summed E-state index contributed by atoms with van der Waals surface area (Å²) in [6, 6.07) is 5.51. The highest BCUT2D eigenvalue weighted by Gasteiger charge is 2.08. The average molecular weight is 271 g/mol. The Labute approximate surface area is 98.8 Å². The van der Waals surface area contributed by atoms with E-state index in [0.29, 0.717) is 17.9 Å². The SMILES string of the molecule is CCCCOc1ccc(Br)cc1C(C)=O. The summed E-state index contributed by atoms with van der Waals surface area (Å²) in [5.74, 6) is 0.710. The Bertz CT molecular complexity index is 347. The lowest BCUT2D eigenvalue weighted by molar-refractivity contribution is 0.101. The zero-order valence-electron chi connectivity index (χ0n) is 9.05. The van der Waals surface area contributed by atoms with Gasteiger partial charge in [-0.1, -0.05) is 29.3 Å². The number of benzene rings is 1. The van der Waals surface area contributed by atoms with Crippen molar-refractivity contribution in [3.05, 3.63) is 28.2 Å². The van der Waals surface area contributed by atoms with Gasteiger partial charge in [0.1, 0.15) is 5.75 Å². The summed E-state index contributed by atoms with van der Waals surface area (Å²) in [6.07, 6.45) is 2.10. The molecule has 0 amide bonds. The van der Waals surface area contributed by atoms with E-state index < -0.39 is 0 Å². The first-order chi connectivity index (χ1) is 7.15. The molecule has 0 aliphatic rings.